The number of hydrogen-bond acceptors (Lipinski definition) is 3. The maximum absolute atomic E-state index is 11.3. The first kappa shape index (κ1) is 13.1. The van der Waals surface area contributed by atoms with E-state index in [0.29, 0.717) is 5.75 Å². The molecule has 0 N–H and O–H groups in total. The number of benzene rings is 2. The van der Waals surface area contributed by atoms with E-state index in [1.807, 2.05) is 54.6 Å². The third kappa shape index (κ3) is 3.35. The summed E-state index contributed by atoms with van der Waals surface area (Å²) >= 11 is 0. The van der Waals surface area contributed by atoms with Crippen LogP contribution in [0, 0.1) is 0 Å². The van der Waals surface area contributed by atoms with Crippen molar-refractivity contribution in [2.24, 2.45) is 0 Å². The predicted molar refractivity (Wildman–Crippen MR) is 74.0 cm³/mol. The molecule has 0 saturated carbocycles. The standard InChI is InChI=1S/C16H16O3/c1-12(16(17)18-2)19-15-10-6-9-14(11-15)13-7-4-3-5-8-13/h3-12H,1-2H3. The minimum Gasteiger partial charge on any atom is -0.479 e. The molecular weight excluding hydrogens is 240 g/mol. The van der Waals surface area contributed by atoms with Gasteiger partial charge in [-0.05, 0) is 30.2 Å². The maximum Gasteiger partial charge on any atom is 0.346 e. The summed E-state index contributed by atoms with van der Waals surface area (Å²) in [4.78, 5) is 11.3. The van der Waals surface area contributed by atoms with Crippen LogP contribution < -0.4 is 4.74 Å². The minimum absolute atomic E-state index is 0.384. The fourth-order valence-electron chi connectivity index (χ4n) is 1.80. The molecule has 0 aliphatic carbocycles. The van der Waals surface area contributed by atoms with Crippen LogP contribution in [0.5, 0.6) is 5.75 Å². The van der Waals surface area contributed by atoms with Gasteiger partial charge in [0.1, 0.15) is 5.75 Å². The molecule has 19 heavy (non-hydrogen) atoms. The second kappa shape index (κ2) is 6.05. The third-order valence-electron chi connectivity index (χ3n) is 2.79. The van der Waals surface area contributed by atoms with Gasteiger partial charge in [-0.3, -0.25) is 0 Å². The largest absolute Gasteiger partial charge is 0.479 e. The van der Waals surface area contributed by atoms with Gasteiger partial charge in [0.2, 0.25) is 0 Å². The summed E-state index contributed by atoms with van der Waals surface area (Å²) in [5, 5.41) is 0. The van der Waals surface area contributed by atoms with E-state index < -0.39 is 6.10 Å². The van der Waals surface area contributed by atoms with Crippen LogP contribution in [-0.2, 0) is 9.53 Å². The molecule has 1 atom stereocenters. The Morgan fingerprint density at radius 1 is 1.00 bits per heavy atom. The molecule has 3 nitrogen and oxygen atoms in total. The van der Waals surface area contributed by atoms with E-state index in [2.05, 4.69) is 4.74 Å². The smallest absolute Gasteiger partial charge is 0.346 e. The van der Waals surface area contributed by atoms with Crippen LogP contribution in [-0.4, -0.2) is 19.2 Å². The van der Waals surface area contributed by atoms with Crippen molar-refractivity contribution in [3.8, 4) is 16.9 Å². The van der Waals surface area contributed by atoms with E-state index in [-0.39, 0.29) is 5.97 Å². The first-order valence-electron chi connectivity index (χ1n) is 6.10. The van der Waals surface area contributed by atoms with Crippen molar-refractivity contribution in [3.63, 3.8) is 0 Å². The van der Waals surface area contributed by atoms with Gasteiger partial charge in [-0.2, -0.15) is 0 Å². The van der Waals surface area contributed by atoms with Crippen LogP contribution in [0.15, 0.2) is 54.6 Å². The zero-order valence-electron chi connectivity index (χ0n) is 11.0. The van der Waals surface area contributed by atoms with Gasteiger partial charge < -0.3 is 9.47 Å². The van der Waals surface area contributed by atoms with Gasteiger partial charge in [-0.25, -0.2) is 4.79 Å². The molecule has 0 amide bonds. The third-order valence-corrected chi connectivity index (χ3v) is 2.79. The molecule has 0 bridgehead atoms. The van der Waals surface area contributed by atoms with Crippen molar-refractivity contribution in [2.75, 3.05) is 7.11 Å². The molecular formula is C16H16O3. The minimum atomic E-state index is -0.615. The van der Waals surface area contributed by atoms with Crippen molar-refractivity contribution in [1.82, 2.24) is 0 Å². The zero-order valence-corrected chi connectivity index (χ0v) is 11.0. The summed E-state index contributed by atoms with van der Waals surface area (Å²) in [5.41, 5.74) is 2.16. The average Bonchev–Trinajstić information content (AvgIpc) is 2.47. The lowest BCUT2D eigenvalue weighted by atomic mass is 10.1. The Kier molecular flexibility index (Phi) is 4.18. The first-order valence-corrected chi connectivity index (χ1v) is 6.10. The Labute approximate surface area is 112 Å². The lowest BCUT2D eigenvalue weighted by molar-refractivity contribution is -0.147. The monoisotopic (exact) mass is 256 g/mol. The SMILES string of the molecule is COC(=O)C(C)Oc1cccc(-c2ccccc2)c1. The van der Waals surface area contributed by atoms with E-state index in [1.165, 1.54) is 7.11 Å². The molecule has 0 heterocycles. The summed E-state index contributed by atoms with van der Waals surface area (Å²) in [6.07, 6.45) is -0.615. The van der Waals surface area contributed by atoms with E-state index in [4.69, 9.17) is 4.74 Å². The van der Waals surface area contributed by atoms with E-state index in [0.717, 1.165) is 11.1 Å². The highest BCUT2D eigenvalue weighted by molar-refractivity contribution is 5.74. The van der Waals surface area contributed by atoms with Gasteiger partial charge in [0.05, 0.1) is 7.11 Å². The van der Waals surface area contributed by atoms with E-state index >= 15 is 0 Å². The molecule has 1 unspecified atom stereocenters. The number of rotatable bonds is 4. The lowest BCUT2D eigenvalue weighted by Gasteiger charge is -2.13. The Hall–Kier alpha value is -2.29. The highest BCUT2D eigenvalue weighted by atomic mass is 16.6. The van der Waals surface area contributed by atoms with E-state index in [9.17, 15) is 4.79 Å². The zero-order chi connectivity index (χ0) is 13.7. The quantitative estimate of drug-likeness (QED) is 0.787. The van der Waals surface area contributed by atoms with Crippen LogP contribution >= 0.6 is 0 Å². The molecule has 0 aliphatic heterocycles. The molecule has 3 heteroatoms. The summed E-state index contributed by atoms with van der Waals surface area (Å²) < 4.78 is 10.2. The Morgan fingerprint density at radius 3 is 2.37 bits per heavy atom. The van der Waals surface area contributed by atoms with Gasteiger partial charge in [0.25, 0.3) is 0 Å². The van der Waals surface area contributed by atoms with Crippen LogP contribution in [0.1, 0.15) is 6.92 Å². The van der Waals surface area contributed by atoms with Crippen LogP contribution in [0.25, 0.3) is 11.1 Å². The molecule has 0 saturated heterocycles. The first-order chi connectivity index (χ1) is 9.20. The second-order valence-corrected chi connectivity index (χ2v) is 4.18. The van der Waals surface area contributed by atoms with Crippen molar-refractivity contribution >= 4 is 5.97 Å². The predicted octanol–water partition coefficient (Wildman–Crippen LogP) is 3.29. The van der Waals surface area contributed by atoms with Crippen molar-refractivity contribution < 1.29 is 14.3 Å². The summed E-state index contributed by atoms with van der Waals surface area (Å²) in [7, 11) is 1.35. The molecule has 0 spiro atoms. The fourth-order valence-corrected chi connectivity index (χ4v) is 1.80. The van der Waals surface area contributed by atoms with Crippen LogP contribution in [0.2, 0.25) is 0 Å². The number of ether oxygens (including phenoxy) is 2. The Morgan fingerprint density at radius 2 is 1.68 bits per heavy atom. The number of carbonyl (C=O) groups is 1. The van der Waals surface area contributed by atoms with E-state index in [1.54, 1.807) is 6.92 Å². The summed E-state index contributed by atoms with van der Waals surface area (Å²) in [6.45, 7) is 1.67. The molecule has 98 valence electrons. The topological polar surface area (TPSA) is 35.5 Å². The number of hydrogen-bond donors (Lipinski definition) is 0. The van der Waals surface area contributed by atoms with Gasteiger partial charge in [-0.1, -0.05) is 42.5 Å². The van der Waals surface area contributed by atoms with Crippen molar-refractivity contribution in [1.29, 1.82) is 0 Å². The van der Waals surface area contributed by atoms with Crippen LogP contribution in [0.4, 0.5) is 0 Å². The fraction of sp³-hybridized carbons (Fsp3) is 0.188. The maximum atomic E-state index is 11.3. The van der Waals surface area contributed by atoms with Gasteiger partial charge in [0, 0.05) is 0 Å². The highest BCUT2D eigenvalue weighted by Gasteiger charge is 2.14. The van der Waals surface area contributed by atoms with Gasteiger partial charge in [0.15, 0.2) is 6.10 Å². The van der Waals surface area contributed by atoms with Crippen LogP contribution in [0.3, 0.4) is 0 Å². The second-order valence-electron chi connectivity index (χ2n) is 4.18. The molecule has 2 aromatic rings. The van der Waals surface area contributed by atoms with Gasteiger partial charge >= 0.3 is 5.97 Å². The molecule has 0 radical (unpaired) electrons. The highest BCUT2D eigenvalue weighted by Crippen LogP contribution is 2.24. The van der Waals surface area contributed by atoms with Crippen molar-refractivity contribution in [2.45, 2.75) is 13.0 Å². The molecule has 0 fully saturated rings. The molecule has 2 aromatic carbocycles. The molecule has 2 rings (SSSR count). The number of carbonyl (C=O) groups excluding carboxylic acids is 1. The molecule has 0 aliphatic rings. The number of methoxy groups -OCH3 is 1. The summed E-state index contributed by atoms with van der Waals surface area (Å²) in [6, 6.07) is 17.7. The summed E-state index contributed by atoms with van der Waals surface area (Å²) in [5.74, 6) is 0.268. The normalized spacial score (nSPS) is 11.7. The number of esters is 1. The van der Waals surface area contributed by atoms with Crippen molar-refractivity contribution in [3.05, 3.63) is 54.6 Å². The average molecular weight is 256 g/mol. The lowest BCUT2D eigenvalue weighted by Crippen LogP contribution is -2.24. The Balaban J connectivity index is 2.18. The van der Waals surface area contributed by atoms with Gasteiger partial charge in [-0.15, -0.1) is 0 Å². The Bertz CT molecular complexity index is 549. The molecule has 0 aromatic heterocycles.